The highest BCUT2D eigenvalue weighted by Gasteiger charge is 2.24. The Morgan fingerprint density at radius 1 is 1.33 bits per heavy atom. The zero-order valence-electron chi connectivity index (χ0n) is 10.0. The monoisotopic (exact) mass is 382 g/mol. The van der Waals surface area contributed by atoms with Crippen LogP contribution in [0.1, 0.15) is 5.56 Å². The van der Waals surface area contributed by atoms with Gasteiger partial charge in [0.05, 0.1) is 18.9 Å². The fourth-order valence-corrected chi connectivity index (χ4v) is 3.36. The summed E-state index contributed by atoms with van der Waals surface area (Å²) in [5, 5.41) is 0. The van der Waals surface area contributed by atoms with Crippen molar-refractivity contribution < 1.29 is 13.2 Å². The Balaban J connectivity index is 2.13. The van der Waals surface area contributed by atoms with Crippen molar-refractivity contribution in [3.63, 3.8) is 0 Å². The van der Waals surface area contributed by atoms with Crippen LogP contribution in [-0.4, -0.2) is 39.0 Å². The number of benzene rings is 1. The van der Waals surface area contributed by atoms with Gasteiger partial charge in [0.1, 0.15) is 0 Å². The van der Waals surface area contributed by atoms with Crippen molar-refractivity contribution in [2.24, 2.45) is 0 Å². The fourth-order valence-electron chi connectivity index (χ4n) is 1.66. The summed E-state index contributed by atoms with van der Waals surface area (Å²) in [4.78, 5) is 0. The zero-order chi connectivity index (χ0) is 13.2. The van der Waals surface area contributed by atoms with Crippen LogP contribution in [0.5, 0.6) is 0 Å². The molecule has 1 N–H and O–H groups in total. The predicted octanol–water partition coefficient (Wildman–Crippen LogP) is 1.59. The van der Waals surface area contributed by atoms with Gasteiger partial charge in [-0.15, -0.1) is 0 Å². The minimum Gasteiger partial charge on any atom is -0.379 e. The summed E-state index contributed by atoms with van der Waals surface area (Å²) in [5.74, 6) is 0. The molecule has 1 aromatic carbocycles. The highest BCUT2D eigenvalue weighted by atomic mass is 127. The minimum atomic E-state index is -3.47. The van der Waals surface area contributed by atoms with E-state index >= 15 is 0 Å². The molecule has 0 atom stereocenters. The second-order valence-electron chi connectivity index (χ2n) is 4.08. The molecule has 0 aliphatic carbocycles. The van der Waals surface area contributed by atoms with Crippen molar-refractivity contribution in [3.8, 4) is 0 Å². The number of nitrogens with one attached hydrogen (secondary N) is 1. The first-order chi connectivity index (χ1) is 8.49. The van der Waals surface area contributed by atoms with E-state index in [-0.39, 0.29) is 0 Å². The van der Waals surface area contributed by atoms with Gasteiger partial charge in [0.2, 0.25) is 0 Å². The molecule has 100 valence electrons. The second kappa shape index (κ2) is 5.72. The van der Waals surface area contributed by atoms with Gasteiger partial charge >= 0.3 is 10.2 Å². The molecule has 1 aliphatic heterocycles. The lowest BCUT2D eigenvalue weighted by molar-refractivity contribution is 0.0733. The maximum absolute atomic E-state index is 12.1. The van der Waals surface area contributed by atoms with Gasteiger partial charge in [-0.2, -0.15) is 12.7 Å². The Bertz CT molecular complexity index is 527. The van der Waals surface area contributed by atoms with Gasteiger partial charge in [0.15, 0.2) is 0 Å². The molecule has 1 aliphatic rings. The Morgan fingerprint density at radius 3 is 2.61 bits per heavy atom. The Kier molecular flexibility index (Phi) is 4.46. The molecule has 0 unspecified atom stereocenters. The van der Waals surface area contributed by atoms with Crippen molar-refractivity contribution in [3.05, 3.63) is 27.3 Å². The molecule has 0 aromatic heterocycles. The van der Waals surface area contributed by atoms with Crippen molar-refractivity contribution in [1.82, 2.24) is 4.31 Å². The molecule has 1 saturated heterocycles. The average Bonchev–Trinajstić information content (AvgIpc) is 2.35. The summed E-state index contributed by atoms with van der Waals surface area (Å²) in [6.45, 7) is 3.69. The first-order valence-electron chi connectivity index (χ1n) is 5.61. The number of morpholine rings is 1. The Hall–Kier alpha value is -0.380. The molecule has 2 rings (SSSR count). The summed E-state index contributed by atoms with van der Waals surface area (Å²) in [5.41, 5.74) is 1.72. The van der Waals surface area contributed by atoms with E-state index in [4.69, 9.17) is 4.74 Å². The van der Waals surface area contributed by atoms with E-state index in [0.29, 0.717) is 32.0 Å². The van der Waals surface area contributed by atoms with Crippen LogP contribution < -0.4 is 4.72 Å². The Labute approximate surface area is 121 Å². The number of anilines is 1. The molecule has 1 aromatic rings. The molecule has 7 heteroatoms. The van der Waals surface area contributed by atoms with Gasteiger partial charge in [0, 0.05) is 16.7 Å². The van der Waals surface area contributed by atoms with Crippen molar-refractivity contribution in [2.45, 2.75) is 6.92 Å². The molecular formula is C11H15IN2O3S. The third kappa shape index (κ3) is 3.34. The third-order valence-electron chi connectivity index (χ3n) is 2.73. The lowest BCUT2D eigenvalue weighted by atomic mass is 10.2. The first-order valence-corrected chi connectivity index (χ1v) is 8.13. The minimum absolute atomic E-state index is 0.401. The summed E-state index contributed by atoms with van der Waals surface area (Å²) >= 11 is 2.19. The van der Waals surface area contributed by atoms with Gasteiger partial charge in [-0.1, -0.05) is 6.07 Å². The van der Waals surface area contributed by atoms with Crippen LogP contribution >= 0.6 is 22.6 Å². The topological polar surface area (TPSA) is 58.6 Å². The van der Waals surface area contributed by atoms with Gasteiger partial charge in [-0.25, -0.2) is 0 Å². The second-order valence-corrected chi connectivity index (χ2v) is 6.92. The van der Waals surface area contributed by atoms with Crippen molar-refractivity contribution in [1.29, 1.82) is 0 Å². The summed E-state index contributed by atoms with van der Waals surface area (Å²) in [6, 6.07) is 5.50. The average molecular weight is 382 g/mol. The predicted molar refractivity (Wildman–Crippen MR) is 78.8 cm³/mol. The van der Waals surface area contributed by atoms with E-state index in [9.17, 15) is 8.42 Å². The third-order valence-corrected chi connectivity index (χ3v) is 5.43. The number of rotatable bonds is 3. The maximum atomic E-state index is 12.1. The first kappa shape index (κ1) is 14.0. The number of hydrogen-bond donors (Lipinski definition) is 1. The van der Waals surface area contributed by atoms with Crippen LogP contribution in [-0.2, 0) is 14.9 Å². The zero-order valence-corrected chi connectivity index (χ0v) is 13.0. The molecule has 0 radical (unpaired) electrons. The van der Waals surface area contributed by atoms with E-state index in [0.717, 1.165) is 9.13 Å². The number of ether oxygens (including phenoxy) is 1. The normalized spacial score (nSPS) is 17.7. The quantitative estimate of drug-likeness (QED) is 0.808. The van der Waals surface area contributed by atoms with E-state index in [2.05, 4.69) is 27.3 Å². The van der Waals surface area contributed by atoms with E-state index in [1.807, 2.05) is 19.1 Å². The number of aryl methyl sites for hydroxylation is 1. The summed E-state index contributed by atoms with van der Waals surface area (Å²) in [7, 11) is -3.47. The molecular weight excluding hydrogens is 367 g/mol. The van der Waals surface area contributed by atoms with E-state index < -0.39 is 10.2 Å². The number of nitrogens with zero attached hydrogens (tertiary/aromatic N) is 1. The molecule has 1 heterocycles. The summed E-state index contributed by atoms with van der Waals surface area (Å²) in [6.07, 6.45) is 0. The SMILES string of the molecule is Cc1ccc(NS(=O)(=O)N2CCOCC2)cc1I. The molecule has 0 bridgehead atoms. The van der Waals surface area contributed by atoms with Crippen LogP contribution in [0.25, 0.3) is 0 Å². The molecule has 5 nitrogen and oxygen atoms in total. The van der Waals surface area contributed by atoms with Crippen LogP contribution in [0, 0.1) is 10.5 Å². The van der Waals surface area contributed by atoms with Crippen LogP contribution in [0.2, 0.25) is 0 Å². The molecule has 18 heavy (non-hydrogen) atoms. The van der Waals surface area contributed by atoms with Crippen LogP contribution in [0.4, 0.5) is 5.69 Å². The van der Waals surface area contributed by atoms with Gasteiger partial charge in [0.25, 0.3) is 0 Å². The highest BCUT2D eigenvalue weighted by molar-refractivity contribution is 14.1. The van der Waals surface area contributed by atoms with Crippen LogP contribution in [0.15, 0.2) is 18.2 Å². The standard InChI is InChI=1S/C11H15IN2O3S/c1-9-2-3-10(8-11(9)12)13-18(15,16)14-4-6-17-7-5-14/h2-3,8,13H,4-7H2,1H3. The highest BCUT2D eigenvalue weighted by Crippen LogP contribution is 2.19. The van der Waals surface area contributed by atoms with E-state index in [1.54, 1.807) is 6.07 Å². The van der Waals surface area contributed by atoms with E-state index in [1.165, 1.54) is 4.31 Å². The molecule has 0 saturated carbocycles. The maximum Gasteiger partial charge on any atom is 0.301 e. The van der Waals surface area contributed by atoms with Gasteiger partial charge < -0.3 is 4.74 Å². The lowest BCUT2D eigenvalue weighted by Crippen LogP contribution is -2.43. The lowest BCUT2D eigenvalue weighted by Gasteiger charge is -2.26. The van der Waals surface area contributed by atoms with Crippen LogP contribution in [0.3, 0.4) is 0 Å². The van der Waals surface area contributed by atoms with Crippen molar-refractivity contribution >= 4 is 38.5 Å². The molecule has 0 amide bonds. The molecule has 0 spiro atoms. The van der Waals surface area contributed by atoms with Crippen molar-refractivity contribution in [2.75, 3.05) is 31.0 Å². The van der Waals surface area contributed by atoms with Gasteiger partial charge in [-0.3, -0.25) is 4.72 Å². The van der Waals surface area contributed by atoms with Gasteiger partial charge in [-0.05, 0) is 47.2 Å². The number of hydrogen-bond acceptors (Lipinski definition) is 3. The fraction of sp³-hybridized carbons (Fsp3) is 0.455. The molecule has 1 fully saturated rings. The largest absolute Gasteiger partial charge is 0.379 e. The number of halogens is 1. The summed E-state index contributed by atoms with van der Waals surface area (Å²) < 4.78 is 34.4. The smallest absolute Gasteiger partial charge is 0.301 e. The Morgan fingerprint density at radius 2 is 2.00 bits per heavy atom.